The third-order valence-electron chi connectivity index (χ3n) is 3.54. The highest BCUT2D eigenvalue weighted by Gasteiger charge is 2.29. The fraction of sp³-hybridized carbons (Fsp3) is 0.176. The van der Waals surface area contributed by atoms with Crippen molar-refractivity contribution >= 4 is 17.6 Å². The van der Waals surface area contributed by atoms with Crippen LogP contribution in [0.2, 0.25) is 0 Å². The Morgan fingerprint density at radius 1 is 1.32 bits per heavy atom. The topological polar surface area (TPSA) is 91.0 Å². The van der Waals surface area contributed by atoms with E-state index in [2.05, 4.69) is 4.99 Å². The lowest BCUT2D eigenvalue weighted by molar-refractivity contribution is -0.387. The molecule has 0 amide bonds. The Labute approximate surface area is 141 Å². The van der Waals surface area contributed by atoms with Gasteiger partial charge in [-0.15, -0.1) is 0 Å². The van der Waals surface area contributed by atoms with Gasteiger partial charge in [0.2, 0.25) is 11.7 Å². The van der Waals surface area contributed by atoms with Gasteiger partial charge in [-0.2, -0.15) is 4.39 Å². The highest BCUT2D eigenvalue weighted by Crippen LogP contribution is 2.21. The van der Waals surface area contributed by atoms with Crippen molar-refractivity contribution in [3.05, 3.63) is 75.6 Å². The smallest absolute Gasteiger partial charge is 0.334 e. The van der Waals surface area contributed by atoms with E-state index in [9.17, 15) is 19.3 Å². The summed E-state index contributed by atoms with van der Waals surface area (Å²) in [6.45, 7) is 0.0805. The SMILES string of the molecule is O=C(OCc1ccccc1)[C@@H]1COC(c2ccc(F)c([N+](=O)[O-])c2)=N1. The molecular weight excluding hydrogens is 331 g/mol. The molecule has 0 bridgehead atoms. The van der Waals surface area contributed by atoms with Gasteiger partial charge in [-0.25, -0.2) is 9.79 Å². The molecule has 0 aromatic heterocycles. The second kappa shape index (κ2) is 7.08. The molecule has 2 aromatic rings. The summed E-state index contributed by atoms with van der Waals surface area (Å²) in [4.78, 5) is 26.1. The van der Waals surface area contributed by atoms with Gasteiger partial charge in [0.15, 0.2) is 6.04 Å². The number of hydrogen-bond donors (Lipinski definition) is 0. The number of halogens is 1. The third kappa shape index (κ3) is 3.79. The molecule has 3 rings (SSSR count). The number of benzene rings is 2. The number of nitro benzene ring substituents is 1. The van der Waals surface area contributed by atoms with E-state index in [-0.39, 0.29) is 24.7 Å². The van der Waals surface area contributed by atoms with Crippen molar-refractivity contribution in [1.29, 1.82) is 0 Å². The second-order valence-electron chi connectivity index (χ2n) is 5.28. The number of nitrogens with zero attached hydrogens (tertiary/aromatic N) is 2. The van der Waals surface area contributed by atoms with Crippen LogP contribution < -0.4 is 0 Å². The van der Waals surface area contributed by atoms with Crippen molar-refractivity contribution in [2.24, 2.45) is 4.99 Å². The average Bonchev–Trinajstić information content (AvgIpc) is 3.11. The van der Waals surface area contributed by atoms with E-state index in [1.165, 1.54) is 6.07 Å². The molecule has 1 aliphatic heterocycles. The molecule has 0 radical (unpaired) electrons. The zero-order chi connectivity index (χ0) is 17.8. The summed E-state index contributed by atoms with van der Waals surface area (Å²) in [7, 11) is 0. The minimum atomic E-state index is -0.953. The lowest BCUT2D eigenvalue weighted by Crippen LogP contribution is -2.22. The standard InChI is InChI=1S/C17H13FN2O5/c18-13-7-6-12(8-15(13)20(22)23)16-19-14(10-24-16)17(21)25-9-11-4-2-1-3-5-11/h1-8,14H,9-10H2/t14-/m0/s1. The minimum Gasteiger partial charge on any atom is -0.475 e. The van der Waals surface area contributed by atoms with E-state index in [0.717, 1.165) is 17.7 Å². The molecule has 7 nitrogen and oxygen atoms in total. The molecular formula is C17H13FN2O5. The van der Waals surface area contributed by atoms with Crippen LogP contribution in [0.4, 0.5) is 10.1 Å². The molecule has 0 saturated carbocycles. The van der Waals surface area contributed by atoms with Gasteiger partial charge in [-0.1, -0.05) is 30.3 Å². The maximum absolute atomic E-state index is 13.4. The molecule has 0 N–H and O–H groups in total. The van der Waals surface area contributed by atoms with Crippen LogP contribution in [-0.4, -0.2) is 29.4 Å². The summed E-state index contributed by atoms with van der Waals surface area (Å²) in [5.74, 6) is -1.47. The largest absolute Gasteiger partial charge is 0.475 e. The Morgan fingerprint density at radius 3 is 2.80 bits per heavy atom. The molecule has 8 heteroatoms. The lowest BCUT2D eigenvalue weighted by Gasteiger charge is -2.06. The van der Waals surface area contributed by atoms with Crippen LogP contribution in [0.1, 0.15) is 11.1 Å². The molecule has 1 aliphatic rings. The van der Waals surface area contributed by atoms with E-state index >= 15 is 0 Å². The molecule has 25 heavy (non-hydrogen) atoms. The van der Waals surface area contributed by atoms with Gasteiger partial charge in [0.1, 0.15) is 13.2 Å². The minimum absolute atomic E-state index is 0.0336. The first-order valence-electron chi connectivity index (χ1n) is 7.40. The fourth-order valence-electron chi connectivity index (χ4n) is 2.26. The van der Waals surface area contributed by atoms with Crippen LogP contribution >= 0.6 is 0 Å². The summed E-state index contributed by atoms with van der Waals surface area (Å²) in [5, 5.41) is 10.8. The van der Waals surface area contributed by atoms with Crippen LogP contribution in [0.25, 0.3) is 0 Å². The maximum atomic E-state index is 13.4. The highest BCUT2D eigenvalue weighted by molar-refractivity contribution is 5.98. The molecule has 0 unspecified atom stereocenters. The van der Waals surface area contributed by atoms with E-state index in [0.29, 0.717) is 0 Å². The van der Waals surface area contributed by atoms with E-state index in [4.69, 9.17) is 9.47 Å². The van der Waals surface area contributed by atoms with Crippen LogP contribution in [0, 0.1) is 15.9 Å². The monoisotopic (exact) mass is 344 g/mol. The first-order chi connectivity index (χ1) is 12.0. The summed E-state index contributed by atoms with van der Waals surface area (Å²) in [6.07, 6.45) is 0. The number of esters is 1. The predicted octanol–water partition coefficient (Wildman–Crippen LogP) is 2.62. The van der Waals surface area contributed by atoms with Gasteiger partial charge in [-0.05, 0) is 17.7 Å². The van der Waals surface area contributed by atoms with Crippen LogP contribution in [-0.2, 0) is 20.9 Å². The summed E-state index contributed by atoms with van der Waals surface area (Å²) in [6, 6.07) is 11.6. The van der Waals surface area contributed by atoms with Crippen molar-refractivity contribution in [2.75, 3.05) is 6.61 Å². The number of aliphatic imine (C=N–C) groups is 1. The molecule has 128 valence electrons. The first kappa shape index (κ1) is 16.6. The Hall–Kier alpha value is -3.29. The van der Waals surface area contributed by atoms with Crippen molar-refractivity contribution in [3.63, 3.8) is 0 Å². The average molecular weight is 344 g/mol. The Morgan fingerprint density at radius 2 is 2.08 bits per heavy atom. The van der Waals surface area contributed by atoms with Crippen molar-refractivity contribution in [2.45, 2.75) is 12.6 Å². The van der Waals surface area contributed by atoms with Crippen molar-refractivity contribution in [1.82, 2.24) is 0 Å². The summed E-state index contributed by atoms with van der Waals surface area (Å²) in [5.41, 5.74) is 0.387. The number of carbonyl (C=O) groups is 1. The number of hydrogen-bond acceptors (Lipinski definition) is 6. The van der Waals surface area contributed by atoms with Gasteiger partial charge >= 0.3 is 11.7 Å². The summed E-state index contributed by atoms with van der Waals surface area (Å²) >= 11 is 0. The molecule has 0 fully saturated rings. The van der Waals surface area contributed by atoms with Crippen LogP contribution in [0.3, 0.4) is 0 Å². The van der Waals surface area contributed by atoms with Gasteiger partial charge in [0.05, 0.1) is 4.92 Å². The van der Waals surface area contributed by atoms with Crippen LogP contribution in [0.15, 0.2) is 53.5 Å². The zero-order valence-electron chi connectivity index (χ0n) is 12.9. The molecule has 0 saturated heterocycles. The fourth-order valence-corrected chi connectivity index (χ4v) is 2.26. The van der Waals surface area contributed by atoms with Crippen LogP contribution in [0.5, 0.6) is 0 Å². The third-order valence-corrected chi connectivity index (χ3v) is 3.54. The second-order valence-corrected chi connectivity index (χ2v) is 5.28. The Kier molecular flexibility index (Phi) is 4.69. The van der Waals surface area contributed by atoms with E-state index in [1.54, 1.807) is 0 Å². The predicted molar refractivity (Wildman–Crippen MR) is 85.6 cm³/mol. The first-order valence-corrected chi connectivity index (χ1v) is 7.40. The quantitative estimate of drug-likeness (QED) is 0.472. The summed E-state index contributed by atoms with van der Waals surface area (Å²) < 4.78 is 23.9. The number of ether oxygens (including phenoxy) is 2. The molecule has 1 atom stereocenters. The van der Waals surface area contributed by atoms with Gasteiger partial charge in [0, 0.05) is 11.6 Å². The molecule has 0 spiro atoms. The highest BCUT2D eigenvalue weighted by atomic mass is 19.1. The van der Waals surface area contributed by atoms with E-state index in [1.807, 2.05) is 30.3 Å². The normalized spacial score (nSPS) is 16.0. The van der Waals surface area contributed by atoms with E-state index < -0.39 is 28.4 Å². The number of carbonyl (C=O) groups excluding carboxylic acids is 1. The molecule has 0 aliphatic carbocycles. The van der Waals surface area contributed by atoms with Gasteiger partial charge in [0.25, 0.3) is 0 Å². The van der Waals surface area contributed by atoms with Gasteiger partial charge in [-0.3, -0.25) is 10.1 Å². The Balaban J connectivity index is 1.68. The molecule has 1 heterocycles. The van der Waals surface area contributed by atoms with Gasteiger partial charge < -0.3 is 9.47 Å². The number of nitro groups is 1. The lowest BCUT2D eigenvalue weighted by atomic mass is 10.2. The number of rotatable bonds is 5. The molecule has 2 aromatic carbocycles. The maximum Gasteiger partial charge on any atom is 0.334 e. The van der Waals surface area contributed by atoms with Crippen molar-refractivity contribution < 1.29 is 23.6 Å². The van der Waals surface area contributed by atoms with Crippen molar-refractivity contribution in [3.8, 4) is 0 Å². The zero-order valence-corrected chi connectivity index (χ0v) is 12.9. The Bertz CT molecular complexity index is 838.